The number of likely N-dealkylation sites (N-methyl/N-ethyl adjacent to an activating group) is 1. The highest BCUT2D eigenvalue weighted by Crippen LogP contribution is 2.17. The van der Waals surface area contributed by atoms with Crippen LogP contribution in [-0.4, -0.2) is 19.6 Å². The number of benzene rings is 1. The fourth-order valence-corrected chi connectivity index (χ4v) is 1.76. The Balaban J connectivity index is 2.50. The molecule has 0 aromatic heterocycles. The monoisotopic (exact) mass is 226 g/mol. The average molecular weight is 227 g/mol. The van der Waals surface area contributed by atoms with Gasteiger partial charge in [0.2, 0.25) is 0 Å². The molecule has 1 rings (SSSR count). The fraction of sp³-hybridized carbons (Fsp3) is 0.500. The van der Waals surface area contributed by atoms with Crippen molar-refractivity contribution in [1.82, 2.24) is 10.6 Å². The molecule has 0 amide bonds. The minimum atomic E-state index is 0.451. The van der Waals surface area contributed by atoms with Gasteiger partial charge in [-0.2, -0.15) is 0 Å². The predicted molar refractivity (Wildman–Crippen MR) is 66.4 cm³/mol. The Bertz CT molecular complexity index is 312. The molecule has 0 fully saturated rings. The first kappa shape index (κ1) is 12.5. The summed E-state index contributed by atoms with van der Waals surface area (Å²) >= 11 is 6.13. The molecule has 0 aliphatic carbocycles. The summed E-state index contributed by atoms with van der Waals surface area (Å²) in [7, 11) is 1.96. The lowest BCUT2D eigenvalue weighted by Crippen LogP contribution is -2.34. The molecule has 0 bridgehead atoms. The van der Waals surface area contributed by atoms with Gasteiger partial charge in [0.1, 0.15) is 0 Å². The number of aryl methyl sites for hydroxylation is 1. The zero-order valence-electron chi connectivity index (χ0n) is 9.60. The molecule has 2 nitrogen and oxygen atoms in total. The van der Waals surface area contributed by atoms with Crippen molar-refractivity contribution in [2.75, 3.05) is 13.6 Å². The zero-order valence-corrected chi connectivity index (χ0v) is 10.4. The van der Waals surface area contributed by atoms with E-state index >= 15 is 0 Å². The molecule has 0 saturated carbocycles. The molecular weight excluding hydrogens is 208 g/mol. The van der Waals surface area contributed by atoms with Gasteiger partial charge in [-0.3, -0.25) is 0 Å². The Labute approximate surface area is 97.0 Å². The summed E-state index contributed by atoms with van der Waals surface area (Å²) in [6.45, 7) is 5.98. The Morgan fingerprint density at radius 1 is 1.40 bits per heavy atom. The van der Waals surface area contributed by atoms with Gasteiger partial charge in [0.15, 0.2) is 0 Å². The van der Waals surface area contributed by atoms with E-state index in [1.165, 1.54) is 5.56 Å². The SMILES string of the molecule is CNCC(C)NCc1ccc(C)cc1Cl. The van der Waals surface area contributed by atoms with Crippen molar-refractivity contribution in [2.45, 2.75) is 26.4 Å². The number of rotatable bonds is 5. The molecule has 1 aromatic rings. The highest BCUT2D eigenvalue weighted by atomic mass is 35.5. The van der Waals surface area contributed by atoms with E-state index in [2.05, 4.69) is 29.7 Å². The van der Waals surface area contributed by atoms with Crippen LogP contribution in [0, 0.1) is 6.92 Å². The van der Waals surface area contributed by atoms with Gasteiger partial charge in [-0.15, -0.1) is 0 Å². The summed E-state index contributed by atoms with van der Waals surface area (Å²) in [6.07, 6.45) is 0. The molecule has 1 unspecified atom stereocenters. The second-order valence-electron chi connectivity index (χ2n) is 3.93. The quantitative estimate of drug-likeness (QED) is 0.806. The van der Waals surface area contributed by atoms with Crippen molar-refractivity contribution in [3.63, 3.8) is 0 Å². The number of hydrogen-bond donors (Lipinski definition) is 2. The second-order valence-corrected chi connectivity index (χ2v) is 4.34. The van der Waals surface area contributed by atoms with Crippen molar-refractivity contribution >= 4 is 11.6 Å². The van der Waals surface area contributed by atoms with Crippen molar-refractivity contribution in [2.24, 2.45) is 0 Å². The Morgan fingerprint density at radius 2 is 2.13 bits per heavy atom. The maximum atomic E-state index is 6.13. The van der Waals surface area contributed by atoms with Crippen LogP contribution in [0.3, 0.4) is 0 Å². The van der Waals surface area contributed by atoms with Gasteiger partial charge in [-0.05, 0) is 38.1 Å². The number of hydrogen-bond acceptors (Lipinski definition) is 2. The topological polar surface area (TPSA) is 24.1 Å². The summed E-state index contributed by atoms with van der Waals surface area (Å²) in [5.41, 5.74) is 2.36. The molecule has 1 aromatic carbocycles. The van der Waals surface area contributed by atoms with Crippen LogP contribution in [0.2, 0.25) is 5.02 Å². The molecule has 0 saturated heterocycles. The third-order valence-corrected chi connectivity index (χ3v) is 2.71. The van der Waals surface area contributed by atoms with Crippen LogP contribution in [0.25, 0.3) is 0 Å². The summed E-state index contributed by atoms with van der Waals surface area (Å²) in [5, 5.41) is 7.39. The zero-order chi connectivity index (χ0) is 11.3. The Kier molecular flexibility index (Phi) is 5.09. The molecule has 2 N–H and O–H groups in total. The lowest BCUT2D eigenvalue weighted by molar-refractivity contribution is 0.523. The minimum Gasteiger partial charge on any atom is -0.318 e. The van der Waals surface area contributed by atoms with Crippen molar-refractivity contribution in [1.29, 1.82) is 0 Å². The third kappa shape index (κ3) is 4.20. The van der Waals surface area contributed by atoms with Crippen molar-refractivity contribution in [3.05, 3.63) is 34.3 Å². The maximum Gasteiger partial charge on any atom is 0.0453 e. The van der Waals surface area contributed by atoms with Gasteiger partial charge >= 0.3 is 0 Å². The largest absolute Gasteiger partial charge is 0.318 e. The highest BCUT2D eigenvalue weighted by molar-refractivity contribution is 6.31. The van der Waals surface area contributed by atoms with Gasteiger partial charge < -0.3 is 10.6 Å². The molecular formula is C12H19ClN2. The molecule has 0 aliphatic rings. The third-order valence-electron chi connectivity index (χ3n) is 2.36. The van der Waals surface area contributed by atoms with Crippen LogP contribution in [0.5, 0.6) is 0 Å². The number of halogens is 1. The molecule has 3 heteroatoms. The van der Waals surface area contributed by atoms with Crippen LogP contribution in [-0.2, 0) is 6.54 Å². The van der Waals surface area contributed by atoms with Gasteiger partial charge in [0, 0.05) is 24.2 Å². The second kappa shape index (κ2) is 6.11. The van der Waals surface area contributed by atoms with E-state index in [4.69, 9.17) is 11.6 Å². The van der Waals surface area contributed by atoms with E-state index < -0.39 is 0 Å². The fourth-order valence-electron chi connectivity index (χ4n) is 1.46. The Hall–Kier alpha value is -0.570. The van der Waals surface area contributed by atoms with Crippen molar-refractivity contribution in [3.8, 4) is 0 Å². The highest BCUT2D eigenvalue weighted by Gasteiger charge is 2.03. The van der Waals surface area contributed by atoms with E-state index in [0.29, 0.717) is 6.04 Å². The average Bonchev–Trinajstić information content (AvgIpc) is 2.17. The molecule has 1 atom stereocenters. The minimum absolute atomic E-state index is 0.451. The predicted octanol–water partition coefficient (Wildman–Crippen LogP) is 2.35. The lowest BCUT2D eigenvalue weighted by Gasteiger charge is -2.14. The van der Waals surface area contributed by atoms with Crippen molar-refractivity contribution < 1.29 is 0 Å². The molecule has 0 spiro atoms. The molecule has 15 heavy (non-hydrogen) atoms. The molecule has 0 heterocycles. The first-order valence-corrected chi connectivity index (χ1v) is 5.64. The lowest BCUT2D eigenvalue weighted by atomic mass is 10.1. The van der Waals surface area contributed by atoms with E-state index in [0.717, 1.165) is 23.7 Å². The van der Waals surface area contributed by atoms with Crippen LogP contribution >= 0.6 is 11.6 Å². The van der Waals surface area contributed by atoms with Gasteiger partial charge in [0.05, 0.1) is 0 Å². The number of nitrogens with one attached hydrogen (secondary N) is 2. The maximum absolute atomic E-state index is 6.13. The first-order chi connectivity index (χ1) is 7.13. The summed E-state index contributed by atoms with van der Waals surface area (Å²) < 4.78 is 0. The van der Waals surface area contributed by atoms with E-state index in [9.17, 15) is 0 Å². The van der Waals surface area contributed by atoms with Gasteiger partial charge in [-0.1, -0.05) is 23.7 Å². The van der Waals surface area contributed by atoms with Gasteiger partial charge in [-0.25, -0.2) is 0 Å². The van der Waals surface area contributed by atoms with Crippen LogP contribution < -0.4 is 10.6 Å². The normalized spacial score (nSPS) is 12.8. The molecule has 0 aliphatic heterocycles. The summed E-state index contributed by atoms with van der Waals surface area (Å²) in [6, 6.07) is 6.62. The first-order valence-electron chi connectivity index (χ1n) is 5.26. The summed E-state index contributed by atoms with van der Waals surface area (Å²) in [4.78, 5) is 0. The van der Waals surface area contributed by atoms with Crippen LogP contribution in [0.15, 0.2) is 18.2 Å². The smallest absolute Gasteiger partial charge is 0.0453 e. The van der Waals surface area contributed by atoms with Crippen LogP contribution in [0.4, 0.5) is 0 Å². The molecule has 84 valence electrons. The van der Waals surface area contributed by atoms with Gasteiger partial charge in [0.25, 0.3) is 0 Å². The molecule has 0 radical (unpaired) electrons. The van der Waals surface area contributed by atoms with Crippen LogP contribution in [0.1, 0.15) is 18.1 Å². The Morgan fingerprint density at radius 3 is 2.73 bits per heavy atom. The van der Waals surface area contributed by atoms with E-state index in [-0.39, 0.29) is 0 Å². The van der Waals surface area contributed by atoms with E-state index in [1.807, 2.05) is 20.0 Å². The standard InChI is InChI=1S/C12H19ClN2/c1-9-4-5-11(12(13)6-9)8-15-10(2)7-14-3/h4-6,10,14-15H,7-8H2,1-3H3. The summed E-state index contributed by atoms with van der Waals surface area (Å²) in [5.74, 6) is 0. The van der Waals surface area contributed by atoms with E-state index in [1.54, 1.807) is 0 Å².